The number of nitrogens with one attached hydrogen (secondary N) is 1. The van der Waals surface area contributed by atoms with Crippen LogP contribution in [0.3, 0.4) is 0 Å². The van der Waals surface area contributed by atoms with E-state index >= 15 is 0 Å². The highest BCUT2D eigenvalue weighted by atomic mass is 32.1. The number of rotatable bonds is 11. The summed E-state index contributed by atoms with van der Waals surface area (Å²) >= 11 is 1.67. The molecule has 2 heterocycles. The van der Waals surface area contributed by atoms with Gasteiger partial charge in [-0.1, -0.05) is 25.4 Å². The summed E-state index contributed by atoms with van der Waals surface area (Å²) in [4.78, 5) is 18.0. The van der Waals surface area contributed by atoms with E-state index in [2.05, 4.69) is 28.4 Å². The summed E-state index contributed by atoms with van der Waals surface area (Å²) in [6, 6.07) is 8.01. The zero-order valence-electron chi connectivity index (χ0n) is 18.6. The van der Waals surface area contributed by atoms with E-state index in [1.165, 1.54) is 4.88 Å². The maximum absolute atomic E-state index is 11.1. The highest BCUT2D eigenvalue weighted by molar-refractivity contribution is 7.15. The van der Waals surface area contributed by atoms with Crippen LogP contribution in [0.4, 0.5) is 0 Å². The quantitative estimate of drug-likeness (QED) is 0.403. The van der Waals surface area contributed by atoms with Gasteiger partial charge in [-0.2, -0.15) is 4.98 Å². The van der Waals surface area contributed by atoms with Crippen molar-refractivity contribution >= 4 is 17.2 Å². The number of carbonyl (C=O) groups is 1. The fraction of sp³-hybridized carbons (Fsp3) is 0.435. The van der Waals surface area contributed by atoms with E-state index in [4.69, 9.17) is 14.4 Å². The molecule has 0 spiro atoms. The van der Waals surface area contributed by atoms with E-state index in [1.807, 2.05) is 32.0 Å². The normalized spacial score (nSPS) is 12.0. The number of aliphatic hydroxyl groups is 2. The van der Waals surface area contributed by atoms with Gasteiger partial charge in [0.2, 0.25) is 11.7 Å². The molecular formula is C23H29N3O5S. The van der Waals surface area contributed by atoms with Crippen molar-refractivity contribution in [2.75, 3.05) is 19.8 Å². The summed E-state index contributed by atoms with van der Waals surface area (Å²) in [6.07, 6.45) is 1.96. The van der Waals surface area contributed by atoms with E-state index in [0.29, 0.717) is 17.5 Å². The van der Waals surface area contributed by atoms with Crippen LogP contribution >= 0.6 is 11.3 Å². The zero-order valence-corrected chi connectivity index (χ0v) is 19.4. The molecule has 0 unspecified atom stereocenters. The summed E-state index contributed by atoms with van der Waals surface area (Å²) in [5.74, 6) is 1.18. The number of carbonyl (C=O) groups excluding carboxylic acids is 1. The van der Waals surface area contributed by atoms with Crippen molar-refractivity contribution < 1.29 is 24.3 Å². The Hall–Kier alpha value is -2.75. The third kappa shape index (κ3) is 5.93. The van der Waals surface area contributed by atoms with Crippen LogP contribution in [0, 0.1) is 6.92 Å². The number of aromatic nitrogens is 2. The molecule has 1 aromatic carbocycles. The number of thiophene rings is 1. The number of ether oxygens (including phenoxy) is 1. The van der Waals surface area contributed by atoms with Crippen molar-refractivity contribution in [3.63, 3.8) is 0 Å². The summed E-state index contributed by atoms with van der Waals surface area (Å²) in [5, 5.41) is 25.4. The molecule has 3 N–H and O–H groups in total. The van der Waals surface area contributed by atoms with Crippen LogP contribution in [-0.4, -0.2) is 52.1 Å². The second-order valence-corrected chi connectivity index (χ2v) is 8.67. The number of hydrogen-bond acceptors (Lipinski definition) is 8. The van der Waals surface area contributed by atoms with Crippen molar-refractivity contribution in [3.8, 4) is 27.9 Å². The van der Waals surface area contributed by atoms with E-state index in [9.17, 15) is 9.90 Å². The smallest absolute Gasteiger partial charge is 0.268 e. The Morgan fingerprint density at radius 3 is 2.84 bits per heavy atom. The Labute approximate surface area is 191 Å². The van der Waals surface area contributed by atoms with Gasteiger partial charge in [0.15, 0.2) is 0 Å². The lowest BCUT2D eigenvalue weighted by molar-refractivity contribution is -0.124. The molecule has 32 heavy (non-hydrogen) atoms. The Bertz CT molecular complexity index is 1050. The molecule has 1 atom stereocenters. The molecule has 3 rings (SSSR count). The van der Waals surface area contributed by atoms with Gasteiger partial charge in [-0.05, 0) is 55.2 Å². The van der Waals surface area contributed by atoms with E-state index < -0.39 is 18.6 Å². The highest BCUT2D eigenvalue weighted by Gasteiger charge is 2.17. The molecule has 0 fully saturated rings. The molecule has 1 amide bonds. The molecule has 2 aromatic heterocycles. The topological polar surface area (TPSA) is 118 Å². The minimum Gasteiger partial charge on any atom is -0.490 e. The fourth-order valence-corrected chi connectivity index (χ4v) is 4.32. The number of amides is 1. The van der Waals surface area contributed by atoms with E-state index in [1.54, 1.807) is 11.3 Å². The lowest BCUT2D eigenvalue weighted by atomic mass is 10.0. The lowest BCUT2D eigenvalue weighted by Crippen LogP contribution is -2.36. The monoisotopic (exact) mass is 459 g/mol. The summed E-state index contributed by atoms with van der Waals surface area (Å²) in [7, 11) is 0. The standard InChI is InChI=1S/C23H29N3O5S/c1-4-6-18-7-8-19(32-18)23-25-22(26-31-23)16-9-14(3)21(15(5-2)10-16)30-13-17(28)11-24-20(29)12-27/h7-10,17,27-28H,4-6,11-13H2,1-3H3,(H,24,29)/t17-/m0/s1. The maximum atomic E-state index is 11.1. The van der Waals surface area contributed by atoms with Gasteiger partial charge in [-0.15, -0.1) is 11.3 Å². The molecular weight excluding hydrogens is 430 g/mol. The lowest BCUT2D eigenvalue weighted by Gasteiger charge is -2.17. The predicted molar refractivity (Wildman–Crippen MR) is 123 cm³/mol. The summed E-state index contributed by atoms with van der Waals surface area (Å²) < 4.78 is 11.4. The average Bonchev–Trinajstić information content (AvgIpc) is 3.46. The van der Waals surface area contributed by atoms with Gasteiger partial charge in [0, 0.05) is 17.0 Å². The Morgan fingerprint density at radius 1 is 1.31 bits per heavy atom. The van der Waals surface area contributed by atoms with Crippen molar-refractivity contribution in [2.45, 2.75) is 46.1 Å². The molecule has 0 radical (unpaired) electrons. The first-order valence-electron chi connectivity index (χ1n) is 10.7. The SMILES string of the molecule is CCCc1ccc(-c2nc(-c3cc(C)c(OC[C@@H](O)CNC(=O)CO)c(CC)c3)no2)s1. The Kier molecular flexibility index (Phi) is 8.38. The van der Waals surface area contributed by atoms with Crippen LogP contribution in [0.1, 0.15) is 36.3 Å². The number of aliphatic hydroxyl groups excluding tert-OH is 2. The molecule has 0 aliphatic heterocycles. The molecule has 0 saturated heterocycles. The highest BCUT2D eigenvalue weighted by Crippen LogP contribution is 2.33. The van der Waals surface area contributed by atoms with Crippen LogP contribution in [0.5, 0.6) is 5.75 Å². The number of nitrogens with zero attached hydrogens (tertiary/aromatic N) is 2. The molecule has 9 heteroatoms. The van der Waals surface area contributed by atoms with E-state index in [0.717, 1.165) is 40.8 Å². The first-order valence-corrected chi connectivity index (χ1v) is 11.5. The molecule has 0 saturated carbocycles. The molecule has 0 aliphatic carbocycles. The van der Waals surface area contributed by atoms with Gasteiger partial charge in [-0.3, -0.25) is 4.79 Å². The largest absolute Gasteiger partial charge is 0.490 e. The van der Waals surface area contributed by atoms with Crippen molar-refractivity contribution in [3.05, 3.63) is 40.3 Å². The molecule has 8 nitrogen and oxygen atoms in total. The molecule has 3 aromatic rings. The molecule has 172 valence electrons. The fourth-order valence-electron chi connectivity index (χ4n) is 3.29. The van der Waals surface area contributed by atoms with Crippen molar-refractivity contribution in [1.82, 2.24) is 15.5 Å². The summed E-state index contributed by atoms with van der Waals surface area (Å²) in [6.45, 7) is 5.51. The maximum Gasteiger partial charge on any atom is 0.268 e. The van der Waals surface area contributed by atoms with E-state index in [-0.39, 0.29) is 13.2 Å². The first kappa shape index (κ1) is 23.9. The predicted octanol–water partition coefficient (Wildman–Crippen LogP) is 3.14. The van der Waals surface area contributed by atoms with Crippen molar-refractivity contribution in [2.24, 2.45) is 0 Å². The number of benzene rings is 1. The van der Waals surface area contributed by atoms with Crippen LogP contribution in [0.15, 0.2) is 28.8 Å². The average molecular weight is 460 g/mol. The second-order valence-electron chi connectivity index (χ2n) is 7.50. The van der Waals surface area contributed by atoms with Crippen LogP contribution in [0.25, 0.3) is 22.2 Å². The minimum absolute atomic E-state index is 0.00626. The van der Waals surface area contributed by atoms with Gasteiger partial charge < -0.3 is 24.8 Å². The van der Waals surface area contributed by atoms with Gasteiger partial charge in [0.25, 0.3) is 5.89 Å². The zero-order chi connectivity index (χ0) is 23.1. The van der Waals surface area contributed by atoms with Crippen LogP contribution in [-0.2, 0) is 17.6 Å². The Balaban J connectivity index is 1.73. The minimum atomic E-state index is -0.891. The second kappa shape index (κ2) is 11.2. The molecule has 0 aliphatic rings. The summed E-state index contributed by atoms with van der Waals surface area (Å²) in [5.41, 5.74) is 2.68. The van der Waals surface area contributed by atoms with Gasteiger partial charge in [0.05, 0.1) is 4.88 Å². The Morgan fingerprint density at radius 2 is 2.12 bits per heavy atom. The van der Waals surface area contributed by atoms with Gasteiger partial charge >= 0.3 is 0 Å². The third-order valence-corrected chi connectivity index (χ3v) is 6.02. The van der Waals surface area contributed by atoms with Gasteiger partial charge in [-0.25, -0.2) is 0 Å². The number of hydrogen-bond donors (Lipinski definition) is 3. The first-order chi connectivity index (χ1) is 15.4. The molecule has 0 bridgehead atoms. The third-order valence-electron chi connectivity index (χ3n) is 4.88. The van der Waals surface area contributed by atoms with Crippen molar-refractivity contribution in [1.29, 1.82) is 0 Å². The van der Waals surface area contributed by atoms with Crippen LogP contribution in [0.2, 0.25) is 0 Å². The van der Waals surface area contributed by atoms with Gasteiger partial charge in [0.1, 0.15) is 25.1 Å². The van der Waals surface area contributed by atoms with Crippen LogP contribution < -0.4 is 10.1 Å². The number of aryl methyl sites for hydroxylation is 3.